The number of carbonyl (C=O) groups excluding carboxylic acids is 1. The lowest BCUT2D eigenvalue weighted by Gasteiger charge is -2.13. The average molecular weight is 250 g/mol. The Labute approximate surface area is 109 Å². The van der Waals surface area contributed by atoms with Crippen molar-refractivity contribution in [2.45, 2.75) is 32.2 Å². The first-order valence-corrected chi connectivity index (χ1v) is 6.20. The highest BCUT2D eigenvalue weighted by Crippen LogP contribution is 2.18. The molecular formula is C14H22N2O2. The van der Waals surface area contributed by atoms with E-state index in [4.69, 9.17) is 10.5 Å². The van der Waals surface area contributed by atoms with Gasteiger partial charge in [-0.3, -0.25) is 4.79 Å². The van der Waals surface area contributed by atoms with E-state index in [0.29, 0.717) is 18.9 Å². The lowest BCUT2D eigenvalue weighted by molar-refractivity contribution is -0.117. The van der Waals surface area contributed by atoms with Gasteiger partial charge in [0.15, 0.2) is 0 Å². The summed E-state index contributed by atoms with van der Waals surface area (Å²) in [6.45, 7) is 4.72. The van der Waals surface area contributed by atoms with Gasteiger partial charge in [0.2, 0.25) is 5.91 Å². The first-order valence-electron chi connectivity index (χ1n) is 6.20. The van der Waals surface area contributed by atoms with Crippen LogP contribution in [0.25, 0.3) is 0 Å². The van der Waals surface area contributed by atoms with Crippen molar-refractivity contribution in [2.24, 2.45) is 5.73 Å². The minimum atomic E-state index is -0.535. The minimum Gasteiger partial charge on any atom is -0.385 e. The summed E-state index contributed by atoms with van der Waals surface area (Å²) in [5.41, 5.74) is 7.74. The molecule has 18 heavy (non-hydrogen) atoms. The molecule has 0 aliphatic heterocycles. The Kier molecular flexibility index (Phi) is 5.82. The summed E-state index contributed by atoms with van der Waals surface area (Å²) >= 11 is 0. The molecule has 0 heterocycles. The Bertz CT molecular complexity index is 391. The van der Waals surface area contributed by atoms with Crippen molar-refractivity contribution in [2.75, 3.05) is 19.0 Å². The van der Waals surface area contributed by atoms with Crippen LogP contribution in [-0.2, 0) is 9.53 Å². The molecule has 0 radical (unpaired) electrons. The molecule has 100 valence electrons. The van der Waals surface area contributed by atoms with E-state index in [2.05, 4.69) is 19.2 Å². The van der Waals surface area contributed by atoms with Gasteiger partial charge in [-0.15, -0.1) is 0 Å². The predicted molar refractivity (Wildman–Crippen MR) is 73.6 cm³/mol. The SMILES string of the molecule is COCCC(N)C(=O)Nc1cccc(C(C)C)c1. The molecule has 4 heteroatoms. The third-order valence-electron chi connectivity index (χ3n) is 2.79. The molecule has 0 bridgehead atoms. The smallest absolute Gasteiger partial charge is 0.241 e. The van der Waals surface area contributed by atoms with Crippen molar-refractivity contribution in [3.05, 3.63) is 29.8 Å². The van der Waals surface area contributed by atoms with Gasteiger partial charge < -0.3 is 15.8 Å². The third-order valence-corrected chi connectivity index (χ3v) is 2.79. The third kappa shape index (κ3) is 4.47. The van der Waals surface area contributed by atoms with Crippen LogP contribution in [0.4, 0.5) is 5.69 Å². The van der Waals surface area contributed by atoms with Crippen LogP contribution in [0.5, 0.6) is 0 Å². The Hall–Kier alpha value is -1.39. The molecule has 0 saturated heterocycles. The summed E-state index contributed by atoms with van der Waals surface area (Å²) < 4.78 is 4.90. The van der Waals surface area contributed by atoms with Gasteiger partial charge in [-0.2, -0.15) is 0 Å². The number of benzene rings is 1. The molecule has 4 nitrogen and oxygen atoms in total. The maximum Gasteiger partial charge on any atom is 0.241 e. The van der Waals surface area contributed by atoms with Crippen LogP contribution in [-0.4, -0.2) is 25.7 Å². The molecule has 1 aromatic rings. The van der Waals surface area contributed by atoms with Gasteiger partial charge in [0.25, 0.3) is 0 Å². The van der Waals surface area contributed by atoms with Crippen molar-refractivity contribution in [3.63, 3.8) is 0 Å². The van der Waals surface area contributed by atoms with E-state index in [1.165, 1.54) is 5.56 Å². The monoisotopic (exact) mass is 250 g/mol. The van der Waals surface area contributed by atoms with Crippen LogP contribution in [0.3, 0.4) is 0 Å². The molecule has 1 unspecified atom stereocenters. The molecule has 1 amide bonds. The molecule has 1 aromatic carbocycles. The largest absolute Gasteiger partial charge is 0.385 e. The summed E-state index contributed by atoms with van der Waals surface area (Å²) in [6, 6.07) is 7.29. The lowest BCUT2D eigenvalue weighted by Crippen LogP contribution is -2.36. The summed E-state index contributed by atoms with van der Waals surface area (Å²) in [4.78, 5) is 11.8. The summed E-state index contributed by atoms with van der Waals surface area (Å²) in [5.74, 6) is 0.261. The number of nitrogens with two attached hydrogens (primary N) is 1. The summed E-state index contributed by atoms with van der Waals surface area (Å²) in [6.07, 6.45) is 0.520. The first kappa shape index (κ1) is 14.7. The van der Waals surface area contributed by atoms with Gasteiger partial charge in [0.1, 0.15) is 0 Å². The van der Waals surface area contributed by atoms with Crippen LogP contribution in [0.2, 0.25) is 0 Å². The number of rotatable bonds is 6. The Balaban J connectivity index is 2.61. The second kappa shape index (κ2) is 7.13. The second-order valence-corrected chi connectivity index (χ2v) is 4.66. The van der Waals surface area contributed by atoms with E-state index >= 15 is 0 Å². The van der Waals surface area contributed by atoms with Crippen LogP contribution < -0.4 is 11.1 Å². The van der Waals surface area contributed by atoms with Gasteiger partial charge in [-0.05, 0) is 30.0 Å². The second-order valence-electron chi connectivity index (χ2n) is 4.66. The highest BCUT2D eigenvalue weighted by molar-refractivity contribution is 5.94. The van der Waals surface area contributed by atoms with Crippen LogP contribution in [0.15, 0.2) is 24.3 Å². The van der Waals surface area contributed by atoms with Crippen LogP contribution in [0, 0.1) is 0 Å². The van der Waals surface area contributed by atoms with E-state index < -0.39 is 6.04 Å². The Morgan fingerprint density at radius 1 is 1.44 bits per heavy atom. The molecule has 0 fully saturated rings. The van der Waals surface area contributed by atoms with E-state index in [1.807, 2.05) is 24.3 Å². The summed E-state index contributed by atoms with van der Waals surface area (Å²) in [7, 11) is 1.59. The fourth-order valence-corrected chi connectivity index (χ4v) is 1.59. The highest BCUT2D eigenvalue weighted by Gasteiger charge is 2.13. The van der Waals surface area contributed by atoms with E-state index in [9.17, 15) is 4.79 Å². The number of carbonyl (C=O) groups is 1. The number of ether oxygens (including phenoxy) is 1. The maximum atomic E-state index is 11.8. The van der Waals surface area contributed by atoms with Crippen molar-refractivity contribution in [1.29, 1.82) is 0 Å². The molecule has 0 aliphatic rings. The normalized spacial score (nSPS) is 12.5. The Morgan fingerprint density at radius 3 is 2.78 bits per heavy atom. The lowest BCUT2D eigenvalue weighted by atomic mass is 10.0. The average Bonchev–Trinajstić information content (AvgIpc) is 2.36. The maximum absolute atomic E-state index is 11.8. The fraction of sp³-hybridized carbons (Fsp3) is 0.500. The number of nitrogens with one attached hydrogen (secondary N) is 1. The highest BCUT2D eigenvalue weighted by atomic mass is 16.5. The zero-order valence-electron chi connectivity index (χ0n) is 11.3. The van der Waals surface area contributed by atoms with E-state index in [1.54, 1.807) is 7.11 Å². The van der Waals surface area contributed by atoms with Crippen molar-refractivity contribution >= 4 is 11.6 Å². The van der Waals surface area contributed by atoms with E-state index in [0.717, 1.165) is 5.69 Å². The number of amides is 1. The van der Waals surface area contributed by atoms with Gasteiger partial charge >= 0.3 is 0 Å². The number of methoxy groups -OCH3 is 1. The van der Waals surface area contributed by atoms with Crippen LogP contribution in [0.1, 0.15) is 31.7 Å². The van der Waals surface area contributed by atoms with Crippen molar-refractivity contribution < 1.29 is 9.53 Å². The van der Waals surface area contributed by atoms with Crippen LogP contribution >= 0.6 is 0 Å². The molecule has 0 aliphatic carbocycles. The zero-order valence-corrected chi connectivity index (χ0v) is 11.3. The topological polar surface area (TPSA) is 64.3 Å². The number of hydrogen-bond acceptors (Lipinski definition) is 3. The quantitative estimate of drug-likeness (QED) is 0.812. The van der Waals surface area contributed by atoms with Gasteiger partial charge in [0.05, 0.1) is 6.04 Å². The number of hydrogen-bond donors (Lipinski definition) is 2. The number of anilines is 1. The molecule has 3 N–H and O–H groups in total. The minimum absolute atomic E-state index is 0.173. The molecule has 0 saturated carbocycles. The van der Waals surface area contributed by atoms with Crippen molar-refractivity contribution in [3.8, 4) is 0 Å². The van der Waals surface area contributed by atoms with Gasteiger partial charge in [-0.1, -0.05) is 26.0 Å². The summed E-state index contributed by atoms with van der Waals surface area (Å²) in [5, 5.41) is 2.83. The molecule has 0 spiro atoms. The van der Waals surface area contributed by atoms with Gasteiger partial charge in [-0.25, -0.2) is 0 Å². The fourth-order valence-electron chi connectivity index (χ4n) is 1.59. The van der Waals surface area contributed by atoms with Crippen molar-refractivity contribution in [1.82, 2.24) is 0 Å². The molecule has 1 atom stereocenters. The molecule has 0 aromatic heterocycles. The molecule has 1 rings (SSSR count). The van der Waals surface area contributed by atoms with Gasteiger partial charge in [0, 0.05) is 19.4 Å². The first-order chi connectivity index (χ1) is 8.54. The molecular weight excluding hydrogens is 228 g/mol. The van der Waals surface area contributed by atoms with E-state index in [-0.39, 0.29) is 5.91 Å². The predicted octanol–water partition coefficient (Wildman–Crippen LogP) is 2.11. The Morgan fingerprint density at radius 2 is 2.17 bits per heavy atom. The zero-order chi connectivity index (χ0) is 13.5. The standard InChI is InChI=1S/C14H22N2O2/c1-10(2)11-5-4-6-12(9-11)16-14(17)13(15)7-8-18-3/h4-6,9-10,13H,7-8,15H2,1-3H3,(H,16,17).